The Labute approximate surface area is 313 Å². The zero-order valence-electron chi connectivity index (χ0n) is 29.9. The highest BCUT2D eigenvalue weighted by atomic mass is 32.2. The Balaban J connectivity index is 1.37. The van der Waals surface area contributed by atoms with Gasteiger partial charge in [0.2, 0.25) is 15.9 Å². The van der Waals surface area contributed by atoms with E-state index in [0.717, 1.165) is 17.4 Å². The number of ether oxygens (including phenoxy) is 2. The number of aryl methyl sites for hydroxylation is 1. The van der Waals surface area contributed by atoms with Gasteiger partial charge in [-0.25, -0.2) is 21.9 Å². The van der Waals surface area contributed by atoms with Crippen LogP contribution in [0.3, 0.4) is 0 Å². The fourth-order valence-electron chi connectivity index (χ4n) is 6.62. The lowest BCUT2D eigenvalue weighted by Crippen LogP contribution is -2.59. The molecule has 0 bridgehead atoms. The van der Waals surface area contributed by atoms with Gasteiger partial charge in [-0.3, -0.25) is 9.59 Å². The number of aliphatic hydroxyl groups excluding tert-OH is 3. The molecule has 0 radical (unpaired) electrons. The number of benzene rings is 3. The Kier molecular flexibility index (Phi) is 12.9. The van der Waals surface area contributed by atoms with Crippen LogP contribution in [0.4, 0.5) is 10.1 Å². The Morgan fingerprint density at radius 1 is 0.981 bits per heavy atom. The molecule has 4 N–H and O–H groups in total. The second-order valence-corrected chi connectivity index (χ2v) is 15.6. The number of sulfonamides is 1. The second kappa shape index (κ2) is 17.2. The minimum absolute atomic E-state index is 0.149. The van der Waals surface area contributed by atoms with Gasteiger partial charge in [-0.05, 0) is 78.8 Å². The summed E-state index contributed by atoms with van der Waals surface area (Å²) >= 11 is 0. The Morgan fingerprint density at radius 3 is 2.22 bits per heavy atom. The molecule has 2 saturated heterocycles. The number of carbonyl (C=O) groups excluding carboxylic acids is 2. The van der Waals surface area contributed by atoms with Crippen LogP contribution in [-0.4, -0.2) is 101 Å². The lowest BCUT2D eigenvalue weighted by atomic mass is 9.78. The van der Waals surface area contributed by atoms with Crippen molar-refractivity contribution in [3.63, 3.8) is 0 Å². The largest absolute Gasteiger partial charge is 0.479 e. The number of hydrogen-bond donors (Lipinski definition) is 4. The van der Waals surface area contributed by atoms with E-state index in [4.69, 9.17) is 9.47 Å². The zero-order chi connectivity index (χ0) is 39.3. The van der Waals surface area contributed by atoms with E-state index in [-0.39, 0.29) is 12.3 Å². The third kappa shape index (κ3) is 9.51. The standard InChI is InChI=1S/C39H43FN2O11S/c1-23(43)52-31(26-13-15-28(40)16-14-26)21-19-30-33(42(38(30)47)29-17-8-24(9-18-29)5-4-22-41(2)54(3,50)51)27-11-6-25(7-12-27)10-20-32-34(44)35(45)36(46)37(53-32)39(48)49/h6-9,11-18,30-37,44-46H,4-5,19,21-22H2,1-3H3,(H,48,49)/t30?,31-,32?,33+,34-,35+,36-,37-/m0/s1. The maximum Gasteiger partial charge on any atom is 0.335 e. The summed E-state index contributed by atoms with van der Waals surface area (Å²) in [6, 6.07) is 19.6. The van der Waals surface area contributed by atoms with Crippen molar-refractivity contribution in [1.82, 2.24) is 4.31 Å². The molecule has 2 fully saturated rings. The van der Waals surface area contributed by atoms with Gasteiger partial charge in [0, 0.05) is 31.8 Å². The quantitative estimate of drug-likeness (QED) is 0.114. The highest BCUT2D eigenvalue weighted by molar-refractivity contribution is 7.88. The maximum atomic E-state index is 13.9. The van der Waals surface area contributed by atoms with Crippen LogP contribution >= 0.6 is 0 Å². The summed E-state index contributed by atoms with van der Waals surface area (Å²) in [7, 11) is -1.75. The first-order valence-corrected chi connectivity index (χ1v) is 19.2. The van der Waals surface area contributed by atoms with E-state index in [1.807, 2.05) is 24.3 Å². The van der Waals surface area contributed by atoms with E-state index in [9.17, 15) is 47.6 Å². The number of hydrogen-bond acceptors (Lipinski definition) is 10. The molecule has 3 aromatic carbocycles. The van der Waals surface area contributed by atoms with Gasteiger partial charge in [-0.15, -0.1) is 0 Å². The molecule has 2 aliphatic heterocycles. The normalized spacial score (nSPS) is 24.6. The molecule has 288 valence electrons. The highest BCUT2D eigenvalue weighted by Crippen LogP contribution is 2.46. The number of aliphatic carboxylic acids is 1. The molecule has 1 amide bonds. The maximum absolute atomic E-state index is 13.9. The first-order chi connectivity index (χ1) is 25.5. The molecule has 54 heavy (non-hydrogen) atoms. The smallest absolute Gasteiger partial charge is 0.335 e. The van der Waals surface area contributed by atoms with E-state index in [2.05, 4.69) is 11.8 Å². The number of carbonyl (C=O) groups is 3. The summed E-state index contributed by atoms with van der Waals surface area (Å²) in [5, 5.41) is 39.7. The van der Waals surface area contributed by atoms with E-state index in [0.29, 0.717) is 42.6 Å². The van der Waals surface area contributed by atoms with Crippen LogP contribution in [0.5, 0.6) is 0 Å². The van der Waals surface area contributed by atoms with Gasteiger partial charge in [-0.2, -0.15) is 0 Å². The summed E-state index contributed by atoms with van der Waals surface area (Å²) in [6.45, 7) is 1.65. The van der Waals surface area contributed by atoms with Crippen LogP contribution < -0.4 is 4.90 Å². The number of anilines is 1. The monoisotopic (exact) mass is 766 g/mol. The van der Waals surface area contributed by atoms with Crippen molar-refractivity contribution in [2.75, 3.05) is 24.7 Å². The molecule has 13 nitrogen and oxygen atoms in total. The van der Waals surface area contributed by atoms with Crippen LogP contribution in [0.15, 0.2) is 72.8 Å². The van der Waals surface area contributed by atoms with Crippen molar-refractivity contribution in [2.24, 2.45) is 5.92 Å². The summed E-state index contributed by atoms with van der Waals surface area (Å²) in [4.78, 5) is 39.0. The summed E-state index contributed by atoms with van der Waals surface area (Å²) in [6.07, 6.45) is -6.11. The topological polar surface area (TPSA) is 191 Å². The second-order valence-electron chi connectivity index (χ2n) is 13.5. The number of aliphatic hydroxyl groups is 3. The fraction of sp³-hybridized carbons (Fsp3) is 0.410. The molecule has 0 saturated carbocycles. The number of esters is 1. The Morgan fingerprint density at radius 2 is 1.63 bits per heavy atom. The van der Waals surface area contributed by atoms with Crippen LogP contribution in [0, 0.1) is 23.6 Å². The Bertz CT molecular complexity index is 1980. The minimum atomic E-state index is -3.28. The molecular weight excluding hydrogens is 723 g/mol. The van der Waals surface area contributed by atoms with Crippen LogP contribution in [-0.2, 0) is 40.3 Å². The van der Waals surface area contributed by atoms with Gasteiger partial charge in [0.25, 0.3) is 0 Å². The number of amides is 1. The van der Waals surface area contributed by atoms with Crippen molar-refractivity contribution in [3.8, 4) is 11.8 Å². The summed E-state index contributed by atoms with van der Waals surface area (Å²) in [5.74, 6) is 2.31. The van der Waals surface area contributed by atoms with Gasteiger partial charge >= 0.3 is 11.9 Å². The van der Waals surface area contributed by atoms with Crippen molar-refractivity contribution in [1.29, 1.82) is 0 Å². The number of carboxylic acids is 1. The molecule has 5 rings (SSSR count). The number of rotatable bonds is 13. The molecule has 15 heteroatoms. The first-order valence-electron chi connectivity index (χ1n) is 17.3. The summed E-state index contributed by atoms with van der Waals surface area (Å²) < 4.78 is 49.2. The lowest BCUT2D eigenvalue weighted by Gasteiger charge is -2.48. The third-order valence-electron chi connectivity index (χ3n) is 9.69. The molecule has 2 heterocycles. The molecule has 0 aromatic heterocycles. The van der Waals surface area contributed by atoms with Crippen LogP contribution in [0.25, 0.3) is 0 Å². The zero-order valence-corrected chi connectivity index (χ0v) is 30.7. The fourth-order valence-corrected chi connectivity index (χ4v) is 7.08. The van der Waals surface area contributed by atoms with Gasteiger partial charge in [0.15, 0.2) is 6.10 Å². The van der Waals surface area contributed by atoms with Gasteiger partial charge < -0.3 is 34.8 Å². The third-order valence-corrected chi connectivity index (χ3v) is 11.0. The molecule has 0 spiro atoms. The van der Waals surface area contributed by atoms with E-state index in [1.165, 1.54) is 42.5 Å². The number of carboxylic acid groups (broad SMARTS) is 1. The molecular formula is C39H43FN2O11S. The van der Waals surface area contributed by atoms with E-state index in [1.54, 1.807) is 29.2 Å². The number of nitrogens with zero attached hydrogens (tertiary/aromatic N) is 2. The molecule has 2 aliphatic rings. The predicted molar refractivity (Wildman–Crippen MR) is 194 cm³/mol. The van der Waals surface area contributed by atoms with Crippen LogP contribution in [0.2, 0.25) is 0 Å². The molecule has 3 aromatic rings. The van der Waals surface area contributed by atoms with Crippen molar-refractivity contribution in [3.05, 3.63) is 101 Å². The average molecular weight is 767 g/mol. The average Bonchev–Trinajstić information content (AvgIpc) is 3.12. The van der Waals surface area contributed by atoms with E-state index < -0.39 is 76.4 Å². The van der Waals surface area contributed by atoms with E-state index >= 15 is 0 Å². The minimum Gasteiger partial charge on any atom is -0.479 e. The van der Waals surface area contributed by atoms with Gasteiger partial charge in [0.1, 0.15) is 36.3 Å². The lowest BCUT2D eigenvalue weighted by molar-refractivity contribution is -0.215. The van der Waals surface area contributed by atoms with Gasteiger partial charge in [0.05, 0.1) is 18.2 Å². The van der Waals surface area contributed by atoms with Crippen LogP contribution in [0.1, 0.15) is 60.6 Å². The molecule has 0 aliphatic carbocycles. The van der Waals surface area contributed by atoms with Crippen molar-refractivity contribution >= 4 is 33.6 Å². The van der Waals surface area contributed by atoms with Gasteiger partial charge in [-0.1, -0.05) is 48.2 Å². The van der Waals surface area contributed by atoms with Crippen molar-refractivity contribution in [2.45, 2.75) is 75.3 Å². The summed E-state index contributed by atoms with van der Waals surface area (Å²) in [5.41, 5.74) is 3.44. The molecule has 8 atom stereocenters. The first kappa shape index (κ1) is 40.5. The predicted octanol–water partition coefficient (Wildman–Crippen LogP) is 2.72. The molecule has 2 unspecified atom stereocenters. The Hall–Kier alpha value is -4.69. The number of halogens is 1. The SMILES string of the molecule is CC(=O)O[C@@H](CCC1C(=O)N(c2ccc(CCCN(C)S(C)(=O)=O)cc2)[C@@H]1c1ccc(C#CC2O[C@H](C(=O)O)[C@@H](O)[C@H](O)[C@H]2O)cc1)c1ccc(F)cc1. The van der Waals surface area contributed by atoms with Crippen molar-refractivity contribution < 1.29 is 57.1 Å². The number of β-lactam (4-membered cyclic amide) rings is 1. The highest BCUT2D eigenvalue weighted by Gasteiger charge is 2.49.